The summed E-state index contributed by atoms with van der Waals surface area (Å²) < 4.78 is 37.4. The lowest BCUT2D eigenvalue weighted by atomic mass is 9.95. The summed E-state index contributed by atoms with van der Waals surface area (Å²) in [5.41, 5.74) is -0.331. The Bertz CT molecular complexity index is 272. The lowest BCUT2D eigenvalue weighted by Gasteiger charge is -2.30. The Kier molecular flexibility index (Phi) is 9.49. The predicted octanol–water partition coefficient (Wildman–Crippen LogP) is 3.18. The molecule has 1 atom stereocenters. The number of aliphatic hydroxyl groups excluding tert-OH is 1. The summed E-state index contributed by atoms with van der Waals surface area (Å²) in [4.78, 5) is 1.45. The zero-order valence-corrected chi connectivity index (χ0v) is 13.8. The molecule has 0 fully saturated rings. The predicted molar refractivity (Wildman–Crippen MR) is 80.4 cm³/mol. The van der Waals surface area contributed by atoms with Crippen molar-refractivity contribution < 1.29 is 18.3 Å². The fourth-order valence-corrected chi connectivity index (χ4v) is 2.23. The first-order valence-corrected chi connectivity index (χ1v) is 7.80. The van der Waals surface area contributed by atoms with E-state index in [1.165, 1.54) is 4.90 Å². The Morgan fingerprint density at radius 1 is 1.19 bits per heavy atom. The number of nitrogens with one attached hydrogen (secondary N) is 1. The molecule has 21 heavy (non-hydrogen) atoms. The molecule has 0 aliphatic rings. The third kappa shape index (κ3) is 10.1. The molecule has 0 aromatic carbocycles. The van der Waals surface area contributed by atoms with E-state index < -0.39 is 12.7 Å². The van der Waals surface area contributed by atoms with Crippen molar-refractivity contribution in [3.63, 3.8) is 0 Å². The molecular weight excluding hydrogens is 281 g/mol. The van der Waals surface area contributed by atoms with E-state index in [4.69, 9.17) is 0 Å². The van der Waals surface area contributed by atoms with Crippen molar-refractivity contribution >= 4 is 0 Å². The first-order chi connectivity index (χ1) is 9.63. The molecule has 0 aliphatic heterocycles. The third-order valence-electron chi connectivity index (χ3n) is 3.69. The van der Waals surface area contributed by atoms with E-state index in [1.54, 1.807) is 13.8 Å². The van der Waals surface area contributed by atoms with Crippen molar-refractivity contribution in [3.05, 3.63) is 0 Å². The van der Waals surface area contributed by atoms with Crippen LogP contribution >= 0.6 is 0 Å². The minimum atomic E-state index is -4.15. The van der Waals surface area contributed by atoms with Gasteiger partial charge in [0.05, 0.1) is 13.2 Å². The van der Waals surface area contributed by atoms with Crippen LogP contribution in [-0.4, -0.2) is 54.0 Å². The molecule has 2 N–H and O–H groups in total. The second-order valence-electron chi connectivity index (χ2n) is 6.28. The summed E-state index contributed by atoms with van der Waals surface area (Å²) in [6.45, 7) is 8.05. The highest BCUT2D eigenvalue weighted by Gasteiger charge is 2.31. The zero-order valence-electron chi connectivity index (χ0n) is 13.8. The molecule has 0 rings (SSSR count). The Labute approximate surface area is 126 Å². The van der Waals surface area contributed by atoms with Crippen LogP contribution in [0.5, 0.6) is 0 Å². The summed E-state index contributed by atoms with van der Waals surface area (Å²) in [6.07, 6.45) is -0.886. The Morgan fingerprint density at radius 3 is 2.24 bits per heavy atom. The maximum atomic E-state index is 12.5. The van der Waals surface area contributed by atoms with Crippen molar-refractivity contribution in [1.29, 1.82) is 0 Å². The smallest absolute Gasteiger partial charge is 0.394 e. The highest BCUT2D eigenvalue weighted by molar-refractivity contribution is 4.82. The molecule has 0 spiro atoms. The first kappa shape index (κ1) is 20.7. The number of hydrogen-bond donors (Lipinski definition) is 2. The van der Waals surface area contributed by atoms with Crippen LogP contribution < -0.4 is 5.32 Å². The van der Waals surface area contributed by atoms with Gasteiger partial charge in [0.1, 0.15) is 0 Å². The second-order valence-corrected chi connectivity index (χ2v) is 6.28. The van der Waals surface area contributed by atoms with E-state index in [-0.39, 0.29) is 18.2 Å². The van der Waals surface area contributed by atoms with E-state index in [0.29, 0.717) is 13.0 Å². The zero-order chi connectivity index (χ0) is 16.5. The van der Waals surface area contributed by atoms with Gasteiger partial charge in [-0.25, -0.2) is 0 Å². The van der Waals surface area contributed by atoms with E-state index in [1.807, 2.05) is 6.92 Å². The fourth-order valence-electron chi connectivity index (χ4n) is 2.23. The van der Waals surface area contributed by atoms with Crippen LogP contribution in [-0.2, 0) is 0 Å². The van der Waals surface area contributed by atoms with Gasteiger partial charge in [0.25, 0.3) is 0 Å². The van der Waals surface area contributed by atoms with Gasteiger partial charge in [-0.2, -0.15) is 13.2 Å². The average Bonchev–Trinajstić information content (AvgIpc) is 2.38. The van der Waals surface area contributed by atoms with Gasteiger partial charge in [-0.1, -0.05) is 13.3 Å². The quantitative estimate of drug-likeness (QED) is 0.575. The van der Waals surface area contributed by atoms with Crippen LogP contribution in [0.1, 0.15) is 53.4 Å². The van der Waals surface area contributed by atoms with Crippen molar-refractivity contribution in [1.82, 2.24) is 10.2 Å². The molecule has 0 aliphatic carbocycles. The number of halogens is 3. The van der Waals surface area contributed by atoms with Gasteiger partial charge >= 0.3 is 6.18 Å². The molecule has 0 aromatic rings. The van der Waals surface area contributed by atoms with Crippen molar-refractivity contribution in [2.75, 3.05) is 26.2 Å². The summed E-state index contributed by atoms with van der Waals surface area (Å²) in [6, 6.07) is -0.117. The van der Waals surface area contributed by atoms with Crippen LogP contribution in [0.15, 0.2) is 0 Å². The molecule has 0 aromatic heterocycles. The average molecular weight is 312 g/mol. The summed E-state index contributed by atoms with van der Waals surface area (Å²) in [7, 11) is 0. The Balaban J connectivity index is 4.14. The first-order valence-electron chi connectivity index (χ1n) is 7.80. The van der Waals surface area contributed by atoms with E-state index in [0.717, 1.165) is 25.8 Å². The normalized spacial score (nSPS) is 15.7. The lowest BCUT2D eigenvalue weighted by Crippen LogP contribution is -2.46. The maximum Gasteiger partial charge on any atom is 0.401 e. The number of nitrogens with zero attached hydrogens (tertiary/aromatic N) is 1. The van der Waals surface area contributed by atoms with E-state index >= 15 is 0 Å². The fraction of sp³-hybridized carbons (Fsp3) is 1.00. The Morgan fingerprint density at radius 2 is 1.81 bits per heavy atom. The van der Waals surface area contributed by atoms with Gasteiger partial charge in [0, 0.05) is 11.6 Å². The number of aliphatic hydroxyl groups is 1. The molecular formula is C15H31F3N2O. The van der Waals surface area contributed by atoms with Crippen LogP contribution in [0, 0.1) is 0 Å². The molecule has 1 unspecified atom stereocenters. The number of rotatable bonds is 11. The SMILES string of the molecule is CCCNC(C)(CO)CCCCN(CC(F)(F)F)C(C)C. The van der Waals surface area contributed by atoms with Crippen LogP contribution in [0.2, 0.25) is 0 Å². The molecule has 0 amide bonds. The van der Waals surface area contributed by atoms with Gasteiger partial charge in [-0.05, 0) is 53.1 Å². The largest absolute Gasteiger partial charge is 0.401 e. The van der Waals surface area contributed by atoms with Gasteiger partial charge in [0.2, 0.25) is 0 Å². The highest BCUT2D eigenvalue weighted by atomic mass is 19.4. The third-order valence-corrected chi connectivity index (χ3v) is 3.69. The van der Waals surface area contributed by atoms with Crippen molar-refractivity contribution in [3.8, 4) is 0 Å². The second kappa shape index (κ2) is 9.64. The molecule has 0 heterocycles. The topological polar surface area (TPSA) is 35.5 Å². The van der Waals surface area contributed by atoms with Crippen LogP contribution in [0.4, 0.5) is 13.2 Å². The molecule has 0 saturated heterocycles. The lowest BCUT2D eigenvalue weighted by molar-refractivity contribution is -0.149. The van der Waals surface area contributed by atoms with Gasteiger partial charge in [-0.3, -0.25) is 4.90 Å². The summed E-state index contributed by atoms with van der Waals surface area (Å²) in [5, 5.41) is 12.7. The molecule has 6 heteroatoms. The number of unbranched alkanes of at least 4 members (excludes halogenated alkanes) is 1. The molecule has 0 radical (unpaired) electrons. The molecule has 0 bridgehead atoms. The summed E-state index contributed by atoms with van der Waals surface area (Å²) in [5.74, 6) is 0. The van der Waals surface area contributed by atoms with Crippen LogP contribution in [0.25, 0.3) is 0 Å². The Hall–Kier alpha value is -0.330. The number of alkyl halides is 3. The van der Waals surface area contributed by atoms with Gasteiger partial charge in [0.15, 0.2) is 0 Å². The minimum absolute atomic E-state index is 0.0451. The van der Waals surface area contributed by atoms with Crippen molar-refractivity contribution in [2.24, 2.45) is 0 Å². The summed E-state index contributed by atoms with van der Waals surface area (Å²) >= 11 is 0. The van der Waals surface area contributed by atoms with E-state index in [9.17, 15) is 18.3 Å². The van der Waals surface area contributed by atoms with E-state index in [2.05, 4.69) is 12.2 Å². The minimum Gasteiger partial charge on any atom is -0.394 e. The molecule has 0 saturated carbocycles. The van der Waals surface area contributed by atoms with Crippen LogP contribution in [0.3, 0.4) is 0 Å². The van der Waals surface area contributed by atoms with Gasteiger partial charge in [-0.15, -0.1) is 0 Å². The van der Waals surface area contributed by atoms with Crippen molar-refractivity contribution in [2.45, 2.75) is 71.1 Å². The highest BCUT2D eigenvalue weighted by Crippen LogP contribution is 2.19. The maximum absolute atomic E-state index is 12.5. The van der Waals surface area contributed by atoms with Gasteiger partial charge < -0.3 is 10.4 Å². The molecule has 3 nitrogen and oxygen atoms in total. The molecule has 128 valence electrons. The number of hydrogen-bond acceptors (Lipinski definition) is 3. The standard InChI is InChI=1S/C15H31F3N2O/c1-5-9-19-14(4,12-21)8-6-7-10-20(13(2)3)11-15(16,17)18/h13,19,21H,5-12H2,1-4H3. The monoisotopic (exact) mass is 312 g/mol.